The third-order valence-corrected chi connectivity index (χ3v) is 5.59. The molecular formula is C13H18N6O3S. The Hall–Kier alpha value is -2.20. The van der Waals surface area contributed by atoms with Crippen LogP contribution in [0, 0.1) is 0 Å². The van der Waals surface area contributed by atoms with E-state index in [0.717, 1.165) is 0 Å². The standard InChI is InChI=1S/C13H18N6O3S/c1-2-23(21,22)19-6-4-9(8-19)16-13(20)18-11-7-15-12-10(17-11)3-5-14-12/h3,5,7,9H,2,4,6,8H2,1H3,(H,14,15)(H2,16,17,18,20)/t9-/m1/s1. The van der Waals surface area contributed by atoms with Crippen molar-refractivity contribution in [3.05, 3.63) is 18.5 Å². The van der Waals surface area contributed by atoms with Gasteiger partial charge in [0.25, 0.3) is 0 Å². The first-order valence-electron chi connectivity index (χ1n) is 7.33. The zero-order chi connectivity index (χ0) is 16.4. The molecule has 2 aromatic rings. The molecule has 1 aliphatic heterocycles. The van der Waals surface area contributed by atoms with Crippen molar-refractivity contribution in [1.29, 1.82) is 0 Å². The Morgan fingerprint density at radius 3 is 3.13 bits per heavy atom. The van der Waals surface area contributed by atoms with E-state index >= 15 is 0 Å². The zero-order valence-corrected chi connectivity index (χ0v) is 13.4. The van der Waals surface area contributed by atoms with Gasteiger partial charge >= 0.3 is 6.03 Å². The van der Waals surface area contributed by atoms with Gasteiger partial charge in [0, 0.05) is 25.3 Å². The van der Waals surface area contributed by atoms with Gasteiger partial charge < -0.3 is 10.3 Å². The fourth-order valence-corrected chi connectivity index (χ4v) is 3.67. The number of carbonyl (C=O) groups excluding carboxylic acids is 1. The van der Waals surface area contributed by atoms with Crippen LogP contribution in [-0.4, -0.2) is 58.6 Å². The highest BCUT2D eigenvalue weighted by molar-refractivity contribution is 7.89. The highest BCUT2D eigenvalue weighted by atomic mass is 32.2. The lowest BCUT2D eigenvalue weighted by molar-refractivity contribution is 0.248. The van der Waals surface area contributed by atoms with Crippen molar-refractivity contribution in [1.82, 2.24) is 24.6 Å². The topological polar surface area (TPSA) is 120 Å². The first-order chi connectivity index (χ1) is 11.0. The van der Waals surface area contributed by atoms with Gasteiger partial charge in [-0.2, -0.15) is 4.31 Å². The number of hydrogen-bond donors (Lipinski definition) is 3. The molecule has 0 aliphatic carbocycles. The number of nitrogens with one attached hydrogen (secondary N) is 3. The van der Waals surface area contributed by atoms with Gasteiger partial charge in [-0.25, -0.2) is 23.2 Å². The summed E-state index contributed by atoms with van der Waals surface area (Å²) >= 11 is 0. The fourth-order valence-electron chi connectivity index (χ4n) is 2.51. The third kappa shape index (κ3) is 3.42. The Kier molecular flexibility index (Phi) is 4.18. The van der Waals surface area contributed by atoms with E-state index in [1.807, 2.05) is 0 Å². The van der Waals surface area contributed by atoms with Crippen LogP contribution in [-0.2, 0) is 10.0 Å². The van der Waals surface area contributed by atoms with E-state index in [0.29, 0.717) is 36.5 Å². The van der Waals surface area contributed by atoms with Gasteiger partial charge in [-0.3, -0.25) is 5.32 Å². The number of hydrogen-bond acceptors (Lipinski definition) is 5. The minimum atomic E-state index is -3.21. The predicted octanol–water partition coefficient (Wildman–Crippen LogP) is 0.503. The second-order valence-corrected chi connectivity index (χ2v) is 7.57. The molecule has 0 saturated carbocycles. The summed E-state index contributed by atoms with van der Waals surface area (Å²) in [7, 11) is -3.21. The van der Waals surface area contributed by atoms with Crippen LogP contribution in [0.25, 0.3) is 11.2 Å². The van der Waals surface area contributed by atoms with Crippen LogP contribution < -0.4 is 10.6 Å². The summed E-state index contributed by atoms with van der Waals surface area (Å²) < 4.78 is 25.0. The van der Waals surface area contributed by atoms with E-state index in [9.17, 15) is 13.2 Å². The van der Waals surface area contributed by atoms with Crippen molar-refractivity contribution in [2.24, 2.45) is 0 Å². The zero-order valence-electron chi connectivity index (χ0n) is 12.6. The molecule has 0 spiro atoms. The smallest absolute Gasteiger partial charge is 0.320 e. The quantitative estimate of drug-likeness (QED) is 0.750. The molecule has 3 N–H and O–H groups in total. The molecule has 1 atom stereocenters. The average molecular weight is 338 g/mol. The molecule has 124 valence electrons. The highest BCUT2D eigenvalue weighted by Gasteiger charge is 2.30. The summed E-state index contributed by atoms with van der Waals surface area (Å²) in [6.07, 6.45) is 3.77. The average Bonchev–Trinajstić information content (AvgIpc) is 3.15. The maximum Gasteiger partial charge on any atom is 0.320 e. The van der Waals surface area contributed by atoms with Gasteiger partial charge in [-0.1, -0.05) is 0 Å². The number of nitrogens with zero attached hydrogens (tertiary/aromatic N) is 3. The summed E-state index contributed by atoms with van der Waals surface area (Å²) in [5.74, 6) is 0.406. The minimum absolute atomic E-state index is 0.0676. The van der Waals surface area contributed by atoms with Crippen LogP contribution in [0.5, 0.6) is 0 Å². The number of H-pyrrole nitrogens is 1. The first-order valence-corrected chi connectivity index (χ1v) is 8.94. The van der Waals surface area contributed by atoms with Crippen molar-refractivity contribution < 1.29 is 13.2 Å². The van der Waals surface area contributed by atoms with Crippen molar-refractivity contribution >= 4 is 33.0 Å². The number of sulfonamides is 1. The molecule has 23 heavy (non-hydrogen) atoms. The molecule has 1 fully saturated rings. The second kappa shape index (κ2) is 6.13. The summed E-state index contributed by atoms with van der Waals surface area (Å²) in [5.41, 5.74) is 1.30. The summed E-state index contributed by atoms with van der Waals surface area (Å²) in [4.78, 5) is 23.3. The number of rotatable bonds is 4. The van der Waals surface area contributed by atoms with Gasteiger partial charge in [0.1, 0.15) is 5.52 Å². The number of amides is 2. The third-order valence-electron chi connectivity index (χ3n) is 3.75. The Morgan fingerprint density at radius 1 is 1.52 bits per heavy atom. The molecule has 2 amide bonds. The predicted molar refractivity (Wildman–Crippen MR) is 85.5 cm³/mol. The lowest BCUT2D eigenvalue weighted by Gasteiger charge is -2.16. The van der Waals surface area contributed by atoms with Crippen LogP contribution in [0.2, 0.25) is 0 Å². The molecular weight excluding hydrogens is 320 g/mol. The lowest BCUT2D eigenvalue weighted by atomic mass is 10.3. The Balaban J connectivity index is 1.57. The molecule has 0 unspecified atom stereocenters. The van der Waals surface area contributed by atoms with Crippen LogP contribution in [0.3, 0.4) is 0 Å². The highest BCUT2D eigenvalue weighted by Crippen LogP contribution is 2.14. The molecule has 0 bridgehead atoms. The number of urea groups is 1. The van der Waals surface area contributed by atoms with Crippen LogP contribution in [0.4, 0.5) is 10.6 Å². The number of aromatic nitrogens is 3. The maximum absolute atomic E-state index is 12.0. The summed E-state index contributed by atoms with van der Waals surface area (Å²) in [5, 5.41) is 5.38. The molecule has 3 rings (SSSR count). The van der Waals surface area contributed by atoms with Crippen molar-refractivity contribution in [3.63, 3.8) is 0 Å². The monoisotopic (exact) mass is 338 g/mol. The van der Waals surface area contributed by atoms with Crippen molar-refractivity contribution in [2.75, 3.05) is 24.2 Å². The van der Waals surface area contributed by atoms with E-state index < -0.39 is 16.1 Å². The van der Waals surface area contributed by atoms with Gasteiger partial charge in [0.05, 0.1) is 11.9 Å². The molecule has 0 aromatic carbocycles. The van der Waals surface area contributed by atoms with Gasteiger partial charge in [-0.15, -0.1) is 0 Å². The van der Waals surface area contributed by atoms with Gasteiger partial charge in [-0.05, 0) is 19.4 Å². The van der Waals surface area contributed by atoms with E-state index in [1.54, 1.807) is 19.2 Å². The molecule has 9 nitrogen and oxygen atoms in total. The number of carbonyl (C=O) groups is 1. The number of aromatic amines is 1. The summed E-state index contributed by atoms with van der Waals surface area (Å²) in [6, 6.07) is 1.13. The molecule has 3 heterocycles. The second-order valence-electron chi connectivity index (χ2n) is 5.31. The van der Waals surface area contributed by atoms with Crippen LogP contribution in [0.1, 0.15) is 13.3 Å². The fraction of sp³-hybridized carbons (Fsp3) is 0.462. The van der Waals surface area contributed by atoms with E-state index in [4.69, 9.17) is 0 Å². The molecule has 10 heteroatoms. The number of fused-ring (bicyclic) bond motifs is 1. The Morgan fingerprint density at radius 2 is 2.35 bits per heavy atom. The van der Waals surface area contributed by atoms with Crippen molar-refractivity contribution in [3.8, 4) is 0 Å². The maximum atomic E-state index is 12.0. The van der Waals surface area contributed by atoms with Crippen LogP contribution >= 0.6 is 0 Å². The Bertz CT molecular complexity index is 818. The summed E-state index contributed by atoms with van der Waals surface area (Å²) in [6.45, 7) is 2.33. The van der Waals surface area contributed by atoms with Crippen LogP contribution in [0.15, 0.2) is 18.5 Å². The van der Waals surface area contributed by atoms with Gasteiger partial charge in [0.2, 0.25) is 10.0 Å². The van der Waals surface area contributed by atoms with Crippen molar-refractivity contribution in [2.45, 2.75) is 19.4 Å². The van der Waals surface area contributed by atoms with Gasteiger partial charge in [0.15, 0.2) is 11.5 Å². The van der Waals surface area contributed by atoms with E-state index in [-0.39, 0.29) is 11.8 Å². The lowest BCUT2D eigenvalue weighted by Crippen LogP contribution is -2.41. The Labute approximate surface area is 133 Å². The van der Waals surface area contributed by atoms with E-state index in [2.05, 4.69) is 25.6 Å². The molecule has 1 saturated heterocycles. The first kappa shape index (κ1) is 15.7. The molecule has 0 radical (unpaired) electrons. The normalized spacial score (nSPS) is 19.1. The molecule has 1 aliphatic rings. The molecule has 2 aromatic heterocycles. The SMILES string of the molecule is CCS(=O)(=O)N1CC[C@@H](NC(=O)Nc2cnc3[nH]ccc3n2)C1. The largest absolute Gasteiger partial charge is 0.345 e. The number of anilines is 1. The minimum Gasteiger partial charge on any atom is -0.345 e. The van der Waals surface area contributed by atoms with E-state index in [1.165, 1.54) is 10.5 Å².